The zero-order chi connectivity index (χ0) is 19.3. The van der Waals surface area contributed by atoms with Crippen LogP contribution in [-0.2, 0) is 17.9 Å². The number of nitrogens with zero attached hydrogens (tertiary/aromatic N) is 1. The Kier molecular flexibility index (Phi) is 6.33. The van der Waals surface area contributed by atoms with Gasteiger partial charge in [0.25, 0.3) is 0 Å². The Hall–Kier alpha value is -2.13. The summed E-state index contributed by atoms with van der Waals surface area (Å²) < 4.78 is 0. The van der Waals surface area contributed by atoms with Gasteiger partial charge in [-0.3, -0.25) is 9.69 Å². The van der Waals surface area contributed by atoms with Crippen molar-refractivity contribution < 1.29 is 4.79 Å². The summed E-state index contributed by atoms with van der Waals surface area (Å²) in [6.07, 6.45) is 3.19. The molecule has 0 spiro atoms. The van der Waals surface area contributed by atoms with Crippen molar-refractivity contribution >= 4 is 5.91 Å². The van der Waals surface area contributed by atoms with Crippen LogP contribution in [0.15, 0.2) is 48.5 Å². The molecule has 0 atom stereocenters. The van der Waals surface area contributed by atoms with Crippen LogP contribution in [0, 0.1) is 5.41 Å². The van der Waals surface area contributed by atoms with Crippen molar-refractivity contribution in [3.05, 3.63) is 59.7 Å². The minimum absolute atomic E-state index is 0.00870. The van der Waals surface area contributed by atoms with Crippen LogP contribution in [0.3, 0.4) is 0 Å². The average molecular weight is 365 g/mol. The van der Waals surface area contributed by atoms with E-state index in [9.17, 15) is 4.79 Å². The second-order valence-electron chi connectivity index (χ2n) is 8.85. The predicted molar refractivity (Wildman–Crippen MR) is 112 cm³/mol. The van der Waals surface area contributed by atoms with Gasteiger partial charge >= 0.3 is 0 Å². The van der Waals surface area contributed by atoms with E-state index in [4.69, 9.17) is 0 Å². The van der Waals surface area contributed by atoms with Crippen LogP contribution in [0.25, 0.3) is 11.1 Å². The van der Waals surface area contributed by atoms with Crippen molar-refractivity contribution in [2.75, 3.05) is 13.1 Å². The van der Waals surface area contributed by atoms with E-state index in [2.05, 4.69) is 73.5 Å². The lowest BCUT2D eigenvalue weighted by Crippen LogP contribution is -2.27. The molecule has 0 unspecified atom stereocenters. The molecular formula is C24H32N2O. The number of nitrogens with one attached hydrogen (secondary N) is 1. The third-order valence-electron chi connectivity index (χ3n) is 5.05. The molecule has 3 heteroatoms. The standard InChI is InChI=1S/C24H32N2O/c1-24(2,3)16-23(27)25-17-21-8-4-5-9-22(21)20-12-10-19(11-13-20)18-26-14-6-7-15-26/h4-5,8-13H,6-7,14-18H2,1-3H3,(H,25,27). The molecule has 0 aliphatic carbocycles. The minimum Gasteiger partial charge on any atom is -0.352 e. The molecule has 1 aliphatic heterocycles. The maximum atomic E-state index is 12.2. The van der Waals surface area contributed by atoms with Crippen molar-refractivity contribution in [1.29, 1.82) is 0 Å². The quantitative estimate of drug-likeness (QED) is 0.782. The first kappa shape index (κ1) is 19.6. The molecule has 1 N–H and O–H groups in total. The highest BCUT2D eigenvalue weighted by Gasteiger charge is 2.16. The van der Waals surface area contributed by atoms with Crippen molar-refractivity contribution in [3.63, 3.8) is 0 Å². The molecule has 27 heavy (non-hydrogen) atoms. The first-order valence-electron chi connectivity index (χ1n) is 10.1. The summed E-state index contributed by atoms with van der Waals surface area (Å²) >= 11 is 0. The largest absolute Gasteiger partial charge is 0.352 e. The van der Waals surface area contributed by atoms with Crippen LogP contribution < -0.4 is 5.32 Å². The van der Waals surface area contributed by atoms with Crippen LogP contribution in [0.4, 0.5) is 0 Å². The summed E-state index contributed by atoms with van der Waals surface area (Å²) in [5.74, 6) is 0.110. The molecular weight excluding hydrogens is 332 g/mol. The number of likely N-dealkylation sites (tertiary alicyclic amines) is 1. The highest BCUT2D eigenvalue weighted by molar-refractivity contribution is 5.77. The lowest BCUT2D eigenvalue weighted by Gasteiger charge is -2.18. The highest BCUT2D eigenvalue weighted by atomic mass is 16.1. The molecule has 1 fully saturated rings. The Bertz CT molecular complexity index is 753. The third kappa shape index (κ3) is 5.93. The summed E-state index contributed by atoms with van der Waals surface area (Å²) in [6, 6.07) is 17.2. The number of benzene rings is 2. The van der Waals surface area contributed by atoms with E-state index in [1.807, 2.05) is 6.07 Å². The van der Waals surface area contributed by atoms with E-state index in [0.717, 1.165) is 12.1 Å². The molecule has 0 radical (unpaired) electrons. The van der Waals surface area contributed by atoms with Gasteiger partial charge in [-0.25, -0.2) is 0 Å². The summed E-state index contributed by atoms with van der Waals surface area (Å²) in [5.41, 5.74) is 4.94. The predicted octanol–water partition coefficient (Wildman–Crippen LogP) is 5.00. The van der Waals surface area contributed by atoms with Crippen molar-refractivity contribution in [1.82, 2.24) is 10.2 Å². The van der Waals surface area contributed by atoms with Gasteiger partial charge in [-0.2, -0.15) is 0 Å². The summed E-state index contributed by atoms with van der Waals surface area (Å²) in [7, 11) is 0. The van der Waals surface area contributed by atoms with Crippen molar-refractivity contribution in [2.45, 2.75) is 53.1 Å². The Labute approximate surface area is 163 Å². The van der Waals surface area contributed by atoms with E-state index in [0.29, 0.717) is 13.0 Å². The van der Waals surface area contributed by atoms with Crippen molar-refractivity contribution in [2.24, 2.45) is 5.41 Å². The van der Waals surface area contributed by atoms with E-state index in [-0.39, 0.29) is 11.3 Å². The van der Waals surface area contributed by atoms with Gasteiger partial charge in [0.05, 0.1) is 0 Å². The van der Waals surface area contributed by atoms with Crippen molar-refractivity contribution in [3.8, 4) is 11.1 Å². The van der Waals surface area contributed by atoms with Crippen LogP contribution in [0.2, 0.25) is 0 Å². The monoisotopic (exact) mass is 364 g/mol. The fraction of sp³-hybridized carbons (Fsp3) is 0.458. The average Bonchev–Trinajstić information content (AvgIpc) is 3.13. The van der Waals surface area contributed by atoms with Gasteiger partial charge < -0.3 is 5.32 Å². The lowest BCUT2D eigenvalue weighted by atomic mass is 9.92. The van der Waals surface area contributed by atoms with Gasteiger partial charge in [-0.1, -0.05) is 69.3 Å². The van der Waals surface area contributed by atoms with Crippen LogP contribution in [-0.4, -0.2) is 23.9 Å². The first-order valence-corrected chi connectivity index (χ1v) is 10.1. The normalized spacial score (nSPS) is 15.1. The number of hydrogen-bond donors (Lipinski definition) is 1. The maximum Gasteiger partial charge on any atom is 0.220 e. The zero-order valence-corrected chi connectivity index (χ0v) is 16.9. The van der Waals surface area contributed by atoms with Gasteiger partial charge in [0.1, 0.15) is 0 Å². The Morgan fingerprint density at radius 1 is 1.00 bits per heavy atom. The lowest BCUT2D eigenvalue weighted by molar-refractivity contribution is -0.122. The first-order chi connectivity index (χ1) is 12.9. The Balaban J connectivity index is 1.67. The van der Waals surface area contributed by atoms with E-state index in [1.165, 1.54) is 42.6 Å². The maximum absolute atomic E-state index is 12.2. The molecule has 2 aromatic carbocycles. The topological polar surface area (TPSA) is 32.3 Å². The Morgan fingerprint density at radius 3 is 2.33 bits per heavy atom. The molecule has 3 nitrogen and oxygen atoms in total. The fourth-order valence-corrected chi connectivity index (χ4v) is 3.68. The van der Waals surface area contributed by atoms with Crippen LogP contribution >= 0.6 is 0 Å². The van der Waals surface area contributed by atoms with E-state index >= 15 is 0 Å². The summed E-state index contributed by atoms with van der Waals surface area (Å²) in [4.78, 5) is 14.7. The number of carbonyl (C=O) groups is 1. The molecule has 1 amide bonds. The van der Waals surface area contributed by atoms with Gasteiger partial charge in [0, 0.05) is 19.5 Å². The van der Waals surface area contributed by atoms with Gasteiger partial charge in [-0.05, 0) is 53.6 Å². The van der Waals surface area contributed by atoms with Gasteiger partial charge in [0.15, 0.2) is 0 Å². The molecule has 0 bridgehead atoms. The number of rotatable bonds is 6. The van der Waals surface area contributed by atoms with Gasteiger partial charge in [0.2, 0.25) is 5.91 Å². The molecule has 0 saturated carbocycles. The third-order valence-corrected chi connectivity index (χ3v) is 5.05. The molecule has 2 aromatic rings. The Morgan fingerprint density at radius 2 is 1.67 bits per heavy atom. The zero-order valence-electron chi connectivity index (χ0n) is 16.9. The fourth-order valence-electron chi connectivity index (χ4n) is 3.68. The molecule has 0 aromatic heterocycles. The smallest absolute Gasteiger partial charge is 0.220 e. The van der Waals surface area contributed by atoms with Crippen LogP contribution in [0.5, 0.6) is 0 Å². The summed E-state index contributed by atoms with van der Waals surface area (Å²) in [6.45, 7) is 10.3. The van der Waals surface area contributed by atoms with Crippen LogP contribution in [0.1, 0.15) is 51.2 Å². The second-order valence-corrected chi connectivity index (χ2v) is 8.85. The number of hydrogen-bond acceptors (Lipinski definition) is 2. The SMILES string of the molecule is CC(C)(C)CC(=O)NCc1ccccc1-c1ccc(CN2CCCC2)cc1. The second kappa shape index (κ2) is 8.71. The summed E-state index contributed by atoms with van der Waals surface area (Å²) in [5, 5.41) is 3.08. The highest BCUT2D eigenvalue weighted by Crippen LogP contribution is 2.25. The van der Waals surface area contributed by atoms with Gasteiger partial charge in [-0.15, -0.1) is 0 Å². The molecule has 1 saturated heterocycles. The number of amides is 1. The minimum atomic E-state index is 0.00870. The molecule has 3 rings (SSSR count). The number of carbonyl (C=O) groups excluding carboxylic acids is 1. The molecule has 1 heterocycles. The van der Waals surface area contributed by atoms with E-state index in [1.54, 1.807) is 0 Å². The molecule has 1 aliphatic rings. The molecule has 144 valence electrons. The van der Waals surface area contributed by atoms with E-state index < -0.39 is 0 Å².